The number of ether oxygens (including phenoxy) is 2. The van der Waals surface area contributed by atoms with E-state index in [9.17, 15) is 4.79 Å². The first-order valence-electron chi connectivity index (χ1n) is 9.78. The first kappa shape index (κ1) is 21.7. The van der Waals surface area contributed by atoms with E-state index in [2.05, 4.69) is 29.4 Å². The van der Waals surface area contributed by atoms with Gasteiger partial charge in [-0.2, -0.15) is 0 Å². The van der Waals surface area contributed by atoms with Crippen LogP contribution in [-0.2, 0) is 6.54 Å². The maximum atomic E-state index is 12.5. The van der Waals surface area contributed by atoms with Gasteiger partial charge in [-0.05, 0) is 55.5 Å². The summed E-state index contributed by atoms with van der Waals surface area (Å²) >= 11 is 1.62. The Morgan fingerprint density at radius 3 is 2.33 bits per heavy atom. The van der Waals surface area contributed by atoms with Gasteiger partial charge in [0.15, 0.2) is 11.0 Å². The predicted octanol–water partition coefficient (Wildman–Crippen LogP) is 4.11. The van der Waals surface area contributed by atoms with Crippen molar-refractivity contribution in [3.05, 3.63) is 59.9 Å². The van der Waals surface area contributed by atoms with Crippen LogP contribution in [-0.4, -0.2) is 39.6 Å². The fourth-order valence-corrected chi connectivity index (χ4v) is 3.65. The van der Waals surface area contributed by atoms with Crippen molar-refractivity contribution in [2.75, 3.05) is 13.7 Å². The highest BCUT2D eigenvalue weighted by Gasteiger charge is 2.17. The molecule has 8 heteroatoms. The molecule has 0 aliphatic heterocycles. The number of benzene rings is 2. The fourth-order valence-electron chi connectivity index (χ4n) is 2.82. The Hall–Kier alpha value is -3.00. The number of carbonyl (C=O) groups excluding carboxylic acids is 1. The Labute approximate surface area is 180 Å². The van der Waals surface area contributed by atoms with Crippen LogP contribution in [0.4, 0.5) is 0 Å². The van der Waals surface area contributed by atoms with Gasteiger partial charge in [-0.15, -0.1) is 10.2 Å². The minimum absolute atomic E-state index is 0.183. The first-order valence-corrected chi connectivity index (χ1v) is 10.7. The molecule has 1 aromatic heterocycles. The van der Waals surface area contributed by atoms with E-state index in [1.54, 1.807) is 43.1 Å². The molecule has 0 atom stereocenters. The summed E-state index contributed by atoms with van der Waals surface area (Å²) in [5.74, 6) is 1.99. The number of methoxy groups -OCH3 is 1. The lowest BCUT2D eigenvalue weighted by Gasteiger charge is -2.13. The lowest BCUT2D eigenvalue weighted by Crippen LogP contribution is -2.24. The molecule has 2 aromatic carbocycles. The normalized spacial score (nSPS) is 10.8. The second kappa shape index (κ2) is 10.2. The van der Waals surface area contributed by atoms with Crippen LogP contribution in [0.5, 0.6) is 11.5 Å². The number of amides is 1. The molecule has 1 N–H and O–H groups in total. The third-order valence-corrected chi connectivity index (χ3v) is 5.15. The van der Waals surface area contributed by atoms with Crippen molar-refractivity contribution in [1.29, 1.82) is 0 Å². The van der Waals surface area contributed by atoms with Crippen LogP contribution in [0.25, 0.3) is 5.69 Å². The number of carbonyl (C=O) groups is 1. The quantitative estimate of drug-likeness (QED) is 0.519. The number of nitrogens with zero attached hydrogens (tertiary/aromatic N) is 3. The first-order chi connectivity index (χ1) is 14.5. The zero-order valence-corrected chi connectivity index (χ0v) is 18.4. The smallest absolute Gasteiger partial charge is 0.251 e. The molecule has 3 aromatic rings. The maximum absolute atomic E-state index is 12.5. The molecule has 0 unspecified atom stereocenters. The van der Waals surface area contributed by atoms with Gasteiger partial charge in [-0.3, -0.25) is 9.36 Å². The second-order valence-electron chi connectivity index (χ2n) is 6.74. The third-order valence-electron chi connectivity index (χ3n) is 4.21. The van der Waals surface area contributed by atoms with Gasteiger partial charge in [0.25, 0.3) is 5.91 Å². The molecule has 0 aliphatic carbocycles. The Balaban J connectivity index is 1.81. The Bertz CT molecular complexity index is 969. The molecule has 0 saturated heterocycles. The lowest BCUT2D eigenvalue weighted by atomic mass is 10.2. The molecule has 158 valence electrons. The molecule has 0 saturated carbocycles. The fraction of sp³-hybridized carbons (Fsp3) is 0.318. The van der Waals surface area contributed by atoms with Gasteiger partial charge in [0.1, 0.15) is 11.5 Å². The molecule has 0 spiro atoms. The zero-order chi connectivity index (χ0) is 21.5. The minimum Gasteiger partial charge on any atom is -0.497 e. The number of hydrogen-bond donors (Lipinski definition) is 1. The van der Waals surface area contributed by atoms with Crippen LogP contribution in [0.3, 0.4) is 0 Å². The van der Waals surface area contributed by atoms with E-state index in [1.807, 2.05) is 35.8 Å². The van der Waals surface area contributed by atoms with Crippen molar-refractivity contribution in [2.45, 2.75) is 37.7 Å². The topological polar surface area (TPSA) is 78.3 Å². The number of nitrogens with one attached hydrogen (secondary N) is 1. The molecule has 1 amide bonds. The van der Waals surface area contributed by atoms with E-state index in [0.29, 0.717) is 29.0 Å². The van der Waals surface area contributed by atoms with Crippen LogP contribution in [0.1, 0.15) is 37.0 Å². The summed E-state index contributed by atoms with van der Waals surface area (Å²) in [5.41, 5.74) is 1.47. The molecule has 7 nitrogen and oxygen atoms in total. The third kappa shape index (κ3) is 5.33. The minimum atomic E-state index is -0.183. The van der Waals surface area contributed by atoms with Crippen molar-refractivity contribution < 1.29 is 14.3 Å². The van der Waals surface area contributed by atoms with E-state index in [4.69, 9.17) is 9.47 Å². The molecule has 0 fully saturated rings. The van der Waals surface area contributed by atoms with Crippen molar-refractivity contribution in [3.8, 4) is 17.2 Å². The summed E-state index contributed by atoms with van der Waals surface area (Å²) in [7, 11) is 1.59. The highest BCUT2D eigenvalue weighted by molar-refractivity contribution is 7.99. The lowest BCUT2D eigenvalue weighted by molar-refractivity contribution is 0.0949. The van der Waals surface area contributed by atoms with Gasteiger partial charge in [-0.25, -0.2) is 0 Å². The average Bonchev–Trinajstić information content (AvgIpc) is 3.14. The van der Waals surface area contributed by atoms with Gasteiger partial charge in [0, 0.05) is 16.5 Å². The Kier molecular flexibility index (Phi) is 7.35. The van der Waals surface area contributed by atoms with Gasteiger partial charge in [-0.1, -0.05) is 25.6 Å². The number of thioether (sulfide) groups is 1. The summed E-state index contributed by atoms with van der Waals surface area (Å²) in [6.45, 7) is 7.03. The van der Waals surface area contributed by atoms with Crippen molar-refractivity contribution in [3.63, 3.8) is 0 Å². The van der Waals surface area contributed by atoms with Crippen LogP contribution in [0.15, 0.2) is 53.7 Å². The van der Waals surface area contributed by atoms with Crippen molar-refractivity contribution >= 4 is 17.7 Å². The van der Waals surface area contributed by atoms with Crippen LogP contribution in [0, 0.1) is 0 Å². The summed E-state index contributed by atoms with van der Waals surface area (Å²) in [6, 6.07) is 14.7. The standard InChI is InChI=1S/C22H26N4O3S/c1-5-29-19-12-8-17(9-13-19)26-20(24-25-22(26)30-15(2)3)14-23-21(27)16-6-10-18(28-4)11-7-16/h6-13,15H,5,14H2,1-4H3,(H,23,27). The number of aromatic nitrogens is 3. The number of rotatable bonds is 9. The molecule has 0 radical (unpaired) electrons. The highest BCUT2D eigenvalue weighted by atomic mass is 32.2. The monoisotopic (exact) mass is 426 g/mol. The number of hydrogen-bond acceptors (Lipinski definition) is 6. The SMILES string of the molecule is CCOc1ccc(-n2c(CNC(=O)c3ccc(OC)cc3)nnc2SC(C)C)cc1. The molecule has 3 rings (SSSR count). The maximum Gasteiger partial charge on any atom is 0.251 e. The van der Waals surface area contributed by atoms with E-state index in [-0.39, 0.29) is 12.5 Å². The summed E-state index contributed by atoms with van der Waals surface area (Å²) < 4.78 is 12.6. The van der Waals surface area contributed by atoms with Gasteiger partial charge in [0.2, 0.25) is 0 Å². The van der Waals surface area contributed by atoms with Crippen LogP contribution in [0.2, 0.25) is 0 Å². The largest absolute Gasteiger partial charge is 0.497 e. The summed E-state index contributed by atoms with van der Waals surface area (Å²) in [6.07, 6.45) is 0. The zero-order valence-electron chi connectivity index (χ0n) is 17.6. The summed E-state index contributed by atoms with van der Waals surface area (Å²) in [4.78, 5) is 12.5. The van der Waals surface area contributed by atoms with Crippen molar-refractivity contribution in [1.82, 2.24) is 20.1 Å². The van der Waals surface area contributed by atoms with E-state index >= 15 is 0 Å². The highest BCUT2D eigenvalue weighted by Crippen LogP contribution is 2.26. The average molecular weight is 427 g/mol. The molecular formula is C22H26N4O3S. The Morgan fingerprint density at radius 2 is 1.73 bits per heavy atom. The van der Waals surface area contributed by atoms with Gasteiger partial charge >= 0.3 is 0 Å². The second-order valence-corrected chi connectivity index (χ2v) is 8.28. The van der Waals surface area contributed by atoms with E-state index < -0.39 is 0 Å². The molecule has 0 bridgehead atoms. The molecule has 0 aliphatic rings. The summed E-state index contributed by atoms with van der Waals surface area (Å²) in [5, 5.41) is 12.7. The Morgan fingerprint density at radius 1 is 1.07 bits per heavy atom. The van der Waals surface area contributed by atoms with Crippen molar-refractivity contribution in [2.24, 2.45) is 0 Å². The van der Waals surface area contributed by atoms with Gasteiger partial charge in [0.05, 0.1) is 20.3 Å². The van der Waals surface area contributed by atoms with Gasteiger partial charge < -0.3 is 14.8 Å². The van der Waals surface area contributed by atoms with Crippen LogP contribution < -0.4 is 14.8 Å². The predicted molar refractivity (Wildman–Crippen MR) is 118 cm³/mol. The molecule has 1 heterocycles. The van der Waals surface area contributed by atoms with E-state index in [0.717, 1.165) is 16.6 Å². The van der Waals surface area contributed by atoms with E-state index in [1.165, 1.54) is 0 Å². The molecular weight excluding hydrogens is 400 g/mol. The van der Waals surface area contributed by atoms with Crippen LogP contribution >= 0.6 is 11.8 Å². The molecule has 30 heavy (non-hydrogen) atoms.